The van der Waals surface area contributed by atoms with E-state index in [1.54, 1.807) is 22.3 Å². The third-order valence-corrected chi connectivity index (χ3v) is 6.82. The molecule has 0 spiro atoms. The number of nitrogens with one attached hydrogen (secondary N) is 1. The van der Waals surface area contributed by atoms with E-state index in [1.165, 1.54) is 4.88 Å². The number of furan rings is 1. The fourth-order valence-corrected chi connectivity index (χ4v) is 5.02. The van der Waals surface area contributed by atoms with Crippen LogP contribution in [0.5, 0.6) is 0 Å². The van der Waals surface area contributed by atoms with Crippen LogP contribution in [0.15, 0.2) is 69.4 Å². The van der Waals surface area contributed by atoms with Crippen molar-refractivity contribution >= 4 is 22.2 Å². The van der Waals surface area contributed by atoms with E-state index in [0.717, 1.165) is 40.0 Å². The Balaban J connectivity index is 1.50. The topological polar surface area (TPSA) is 92.8 Å². The van der Waals surface area contributed by atoms with Crippen LogP contribution in [0, 0.1) is 6.92 Å². The molecule has 0 saturated carbocycles. The van der Waals surface area contributed by atoms with E-state index < -0.39 is 0 Å². The second-order valence-electron chi connectivity index (χ2n) is 8.40. The van der Waals surface area contributed by atoms with E-state index in [1.807, 2.05) is 37.3 Å². The summed E-state index contributed by atoms with van der Waals surface area (Å²) < 4.78 is 7.29. The van der Waals surface area contributed by atoms with E-state index in [2.05, 4.69) is 55.9 Å². The Bertz CT molecular complexity index is 1420. The molecule has 0 fully saturated rings. The van der Waals surface area contributed by atoms with Crippen molar-refractivity contribution in [3.8, 4) is 0 Å². The monoisotopic (exact) mass is 474 g/mol. The molecule has 174 valence electrons. The number of aromatic amines is 1. The maximum absolute atomic E-state index is 13.0. The molecule has 5 rings (SSSR count). The third kappa shape index (κ3) is 4.71. The Morgan fingerprint density at radius 1 is 1.18 bits per heavy atom. The summed E-state index contributed by atoms with van der Waals surface area (Å²) in [6.07, 6.45) is 2.43. The number of nitrogens with zero attached hydrogens (tertiary/aromatic N) is 5. The number of thiophene rings is 1. The summed E-state index contributed by atoms with van der Waals surface area (Å²) in [6, 6.07) is 15.9. The number of pyridine rings is 1. The van der Waals surface area contributed by atoms with Crippen LogP contribution in [0.3, 0.4) is 0 Å². The molecule has 9 heteroatoms. The maximum Gasteiger partial charge on any atom is 0.252 e. The fourth-order valence-electron chi connectivity index (χ4n) is 4.29. The van der Waals surface area contributed by atoms with Crippen molar-refractivity contribution in [1.82, 2.24) is 30.1 Å². The molecule has 0 saturated heterocycles. The highest BCUT2D eigenvalue weighted by atomic mass is 32.1. The van der Waals surface area contributed by atoms with Gasteiger partial charge >= 0.3 is 0 Å². The van der Waals surface area contributed by atoms with Gasteiger partial charge in [-0.05, 0) is 70.4 Å². The number of hydrogen-bond acceptors (Lipinski definition) is 7. The second kappa shape index (κ2) is 9.74. The van der Waals surface area contributed by atoms with Gasteiger partial charge < -0.3 is 9.40 Å². The van der Waals surface area contributed by atoms with E-state index in [4.69, 9.17) is 4.42 Å². The van der Waals surface area contributed by atoms with Crippen LogP contribution in [-0.2, 0) is 19.6 Å². The minimum Gasteiger partial charge on any atom is -0.467 e. The van der Waals surface area contributed by atoms with Crippen molar-refractivity contribution in [3.05, 3.63) is 98.1 Å². The molecule has 0 aliphatic carbocycles. The van der Waals surface area contributed by atoms with Crippen molar-refractivity contribution < 1.29 is 4.42 Å². The maximum atomic E-state index is 13.0. The predicted molar refractivity (Wildman–Crippen MR) is 132 cm³/mol. The summed E-state index contributed by atoms with van der Waals surface area (Å²) in [5.74, 6) is 1.54. The molecule has 0 unspecified atom stereocenters. The lowest BCUT2D eigenvalue weighted by atomic mass is 10.1. The minimum absolute atomic E-state index is 0.0701. The zero-order valence-corrected chi connectivity index (χ0v) is 20.0. The summed E-state index contributed by atoms with van der Waals surface area (Å²) in [5, 5.41) is 15.6. The molecular formula is C25H26N6O2S. The number of rotatable bonds is 9. The lowest BCUT2D eigenvalue weighted by Crippen LogP contribution is -2.32. The van der Waals surface area contributed by atoms with Crippen LogP contribution in [0.25, 0.3) is 10.9 Å². The van der Waals surface area contributed by atoms with Crippen molar-refractivity contribution in [1.29, 1.82) is 0 Å². The number of aryl methyl sites for hydroxylation is 1. The number of aromatic nitrogens is 5. The zero-order valence-electron chi connectivity index (χ0n) is 19.1. The molecule has 0 bridgehead atoms. The van der Waals surface area contributed by atoms with Crippen molar-refractivity contribution in [3.63, 3.8) is 0 Å². The standard InChI is InChI=1S/C25H26N6O2S/c1-3-23(24-27-28-29-31(24)15-20-6-4-10-33-20)30(16-21-7-5-11-34-21)14-19-13-18-9-8-17(2)12-22(18)26-25(19)32/h4-13,23H,3,14-16H2,1-2H3,(H,26,32)/t23-/m0/s1. The van der Waals surface area contributed by atoms with Gasteiger partial charge in [-0.2, -0.15) is 0 Å². The Hall–Kier alpha value is -3.56. The summed E-state index contributed by atoms with van der Waals surface area (Å²) in [5.41, 5.74) is 2.62. The molecule has 0 radical (unpaired) electrons. The van der Waals surface area contributed by atoms with Crippen molar-refractivity contribution in [2.75, 3.05) is 0 Å². The molecule has 4 heterocycles. The normalized spacial score (nSPS) is 12.6. The smallest absolute Gasteiger partial charge is 0.252 e. The molecule has 5 aromatic rings. The highest BCUT2D eigenvalue weighted by Crippen LogP contribution is 2.28. The van der Waals surface area contributed by atoms with Crippen LogP contribution in [0.1, 0.15) is 47.0 Å². The van der Waals surface area contributed by atoms with E-state index in [-0.39, 0.29) is 11.6 Å². The molecule has 34 heavy (non-hydrogen) atoms. The quantitative estimate of drug-likeness (QED) is 0.333. The first-order valence-corrected chi connectivity index (χ1v) is 12.2. The number of hydrogen-bond donors (Lipinski definition) is 1. The first-order valence-electron chi connectivity index (χ1n) is 11.3. The lowest BCUT2D eigenvalue weighted by Gasteiger charge is -2.29. The Morgan fingerprint density at radius 2 is 2.09 bits per heavy atom. The average Bonchev–Trinajstić information content (AvgIpc) is 3.60. The Kier molecular flexibility index (Phi) is 6.37. The molecule has 4 aromatic heterocycles. The van der Waals surface area contributed by atoms with Gasteiger partial charge in [0.05, 0.1) is 12.3 Å². The van der Waals surface area contributed by atoms with Crippen molar-refractivity contribution in [2.24, 2.45) is 0 Å². The van der Waals surface area contributed by atoms with E-state index in [9.17, 15) is 4.79 Å². The minimum atomic E-state index is -0.0832. The van der Waals surface area contributed by atoms with Crippen LogP contribution < -0.4 is 5.56 Å². The molecule has 0 aliphatic heterocycles. The summed E-state index contributed by atoms with van der Waals surface area (Å²) >= 11 is 1.70. The number of benzene rings is 1. The average molecular weight is 475 g/mol. The highest BCUT2D eigenvalue weighted by molar-refractivity contribution is 7.09. The molecule has 1 N–H and O–H groups in total. The highest BCUT2D eigenvalue weighted by Gasteiger charge is 2.26. The van der Waals surface area contributed by atoms with E-state index >= 15 is 0 Å². The Labute approximate surface area is 200 Å². The van der Waals surface area contributed by atoms with Gasteiger partial charge in [0, 0.05) is 29.0 Å². The lowest BCUT2D eigenvalue weighted by molar-refractivity contribution is 0.162. The second-order valence-corrected chi connectivity index (χ2v) is 9.43. The molecule has 8 nitrogen and oxygen atoms in total. The SMILES string of the molecule is CC[C@@H](c1nnnn1Cc1ccco1)N(Cc1cccs1)Cc1cc2ccc(C)cc2[nH]c1=O. The van der Waals surface area contributed by atoms with Gasteiger partial charge in [0.25, 0.3) is 5.56 Å². The Morgan fingerprint density at radius 3 is 2.85 bits per heavy atom. The number of tetrazole rings is 1. The molecule has 0 aliphatic rings. The van der Waals surface area contributed by atoms with Crippen LogP contribution in [0.4, 0.5) is 0 Å². The van der Waals surface area contributed by atoms with Gasteiger partial charge in [-0.3, -0.25) is 9.69 Å². The zero-order chi connectivity index (χ0) is 23.5. The van der Waals surface area contributed by atoms with Gasteiger partial charge in [-0.25, -0.2) is 4.68 Å². The van der Waals surface area contributed by atoms with Gasteiger partial charge in [-0.15, -0.1) is 16.4 Å². The first-order chi connectivity index (χ1) is 16.6. The van der Waals surface area contributed by atoms with Gasteiger partial charge in [0.2, 0.25) is 0 Å². The fraction of sp³-hybridized carbons (Fsp3) is 0.280. The number of H-pyrrole nitrogens is 1. The molecule has 1 atom stereocenters. The number of fused-ring (bicyclic) bond motifs is 1. The van der Waals surface area contributed by atoms with Crippen molar-refractivity contribution in [2.45, 2.75) is 45.9 Å². The molecule has 0 amide bonds. The summed E-state index contributed by atoms with van der Waals surface area (Å²) in [4.78, 5) is 19.6. The van der Waals surface area contributed by atoms with Crippen LogP contribution in [-0.4, -0.2) is 30.1 Å². The van der Waals surface area contributed by atoms with Gasteiger partial charge in [-0.1, -0.05) is 25.1 Å². The third-order valence-electron chi connectivity index (χ3n) is 5.96. The summed E-state index contributed by atoms with van der Waals surface area (Å²) in [7, 11) is 0. The first kappa shape index (κ1) is 22.2. The largest absolute Gasteiger partial charge is 0.467 e. The van der Waals surface area contributed by atoms with Crippen LogP contribution >= 0.6 is 11.3 Å². The molecular weight excluding hydrogens is 448 g/mol. The van der Waals surface area contributed by atoms with E-state index in [0.29, 0.717) is 19.6 Å². The van der Waals surface area contributed by atoms with Crippen LogP contribution in [0.2, 0.25) is 0 Å². The molecule has 1 aromatic carbocycles. The van der Waals surface area contributed by atoms with Gasteiger partial charge in [0.15, 0.2) is 5.82 Å². The van der Waals surface area contributed by atoms with Gasteiger partial charge in [0.1, 0.15) is 12.3 Å². The summed E-state index contributed by atoms with van der Waals surface area (Å²) in [6.45, 7) is 5.76. The predicted octanol–water partition coefficient (Wildman–Crippen LogP) is 4.68.